The molecule has 0 saturated heterocycles. The van der Waals surface area contributed by atoms with Crippen LogP contribution in [0.5, 0.6) is 11.5 Å². The Morgan fingerprint density at radius 3 is 2.59 bits per heavy atom. The first-order chi connectivity index (χ1) is 8.16. The van der Waals surface area contributed by atoms with E-state index in [-0.39, 0.29) is 6.10 Å². The first-order valence-electron chi connectivity index (χ1n) is 6.24. The minimum absolute atomic E-state index is 0.277. The van der Waals surface area contributed by atoms with E-state index in [0.717, 1.165) is 30.9 Å². The van der Waals surface area contributed by atoms with Crippen LogP contribution in [0, 0.1) is 0 Å². The quantitative estimate of drug-likeness (QED) is 0.877. The molecule has 3 heteroatoms. The molecule has 1 aliphatic heterocycles. The summed E-state index contributed by atoms with van der Waals surface area (Å²) in [5, 5.41) is 9.41. The highest BCUT2D eigenvalue weighted by molar-refractivity contribution is 5.44. The van der Waals surface area contributed by atoms with Gasteiger partial charge in [-0.2, -0.15) is 0 Å². The van der Waals surface area contributed by atoms with Gasteiger partial charge in [0.1, 0.15) is 0 Å². The molecule has 1 aromatic rings. The van der Waals surface area contributed by atoms with Crippen LogP contribution < -0.4 is 9.47 Å². The van der Waals surface area contributed by atoms with E-state index in [1.54, 1.807) is 0 Å². The minimum atomic E-state index is -0.277. The van der Waals surface area contributed by atoms with Gasteiger partial charge in [-0.15, -0.1) is 0 Å². The third-order valence-corrected chi connectivity index (χ3v) is 3.04. The number of fused-ring (bicyclic) bond motifs is 1. The molecule has 17 heavy (non-hydrogen) atoms. The summed E-state index contributed by atoms with van der Waals surface area (Å²) < 4.78 is 11.2. The standard InChI is InChI=1S/C14H20O3/c1-10(8-11(2)15)12-4-5-13-14(9-12)17-7-3-6-16-13/h4-5,9-11,15H,3,6-8H2,1-2H3. The first kappa shape index (κ1) is 12.2. The van der Waals surface area contributed by atoms with Crippen molar-refractivity contribution in [2.45, 2.75) is 38.7 Å². The summed E-state index contributed by atoms with van der Waals surface area (Å²) >= 11 is 0. The van der Waals surface area contributed by atoms with Gasteiger partial charge < -0.3 is 14.6 Å². The second kappa shape index (κ2) is 5.41. The van der Waals surface area contributed by atoms with Crippen LogP contribution in [0.1, 0.15) is 38.2 Å². The molecule has 1 heterocycles. The zero-order valence-corrected chi connectivity index (χ0v) is 10.5. The molecule has 0 fully saturated rings. The van der Waals surface area contributed by atoms with Gasteiger partial charge in [-0.1, -0.05) is 13.0 Å². The van der Waals surface area contributed by atoms with E-state index in [0.29, 0.717) is 12.5 Å². The lowest BCUT2D eigenvalue weighted by atomic mass is 9.95. The first-order valence-corrected chi connectivity index (χ1v) is 6.24. The molecule has 1 N–H and O–H groups in total. The molecule has 2 unspecified atom stereocenters. The largest absolute Gasteiger partial charge is 0.490 e. The zero-order chi connectivity index (χ0) is 12.3. The van der Waals surface area contributed by atoms with Gasteiger partial charge in [0.2, 0.25) is 0 Å². The van der Waals surface area contributed by atoms with Crippen LogP contribution in [0.4, 0.5) is 0 Å². The van der Waals surface area contributed by atoms with Crippen LogP contribution in [0.25, 0.3) is 0 Å². The van der Waals surface area contributed by atoms with E-state index in [2.05, 4.69) is 13.0 Å². The molecule has 0 saturated carbocycles. The maximum Gasteiger partial charge on any atom is 0.161 e. The predicted octanol–water partition coefficient (Wildman–Crippen LogP) is 2.72. The van der Waals surface area contributed by atoms with Crippen molar-refractivity contribution in [3.05, 3.63) is 23.8 Å². The van der Waals surface area contributed by atoms with Crippen molar-refractivity contribution in [2.24, 2.45) is 0 Å². The average molecular weight is 236 g/mol. The maximum absolute atomic E-state index is 9.41. The van der Waals surface area contributed by atoms with Crippen molar-refractivity contribution in [2.75, 3.05) is 13.2 Å². The molecule has 2 rings (SSSR count). The fourth-order valence-electron chi connectivity index (χ4n) is 2.13. The zero-order valence-electron chi connectivity index (χ0n) is 10.5. The second-order valence-electron chi connectivity index (χ2n) is 4.74. The number of aliphatic hydroxyl groups is 1. The number of aliphatic hydroxyl groups excluding tert-OH is 1. The number of benzene rings is 1. The van der Waals surface area contributed by atoms with Gasteiger partial charge in [-0.25, -0.2) is 0 Å². The van der Waals surface area contributed by atoms with Crippen LogP contribution in [0.2, 0.25) is 0 Å². The van der Waals surface area contributed by atoms with Crippen molar-refractivity contribution in [3.8, 4) is 11.5 Å². The third kappa shape index (κ3) is 3.13. The molecule has 0 spiro atoms. The predicted molar refractivity (Wildman–Crippen MR) is 66.8 cm³/mol. The van der Waals surface area contributed by atoms with E-state index in [1.807, 2.05) is 19.1 Å². The Hall–Kier alpha value is -1.22. The Kier molecular flexibility index (Phi) is 3.89. The van der Waals surface area contributed by atoms with E-state index < -0.39 is 0 Å². The summed E-state index contributed by atoms with van der Waals surface area (Å²) in [6.07, 6.45) is 1.41. The smallest absolute Gasteiger partial charge is 0.161 e. The van der Waals surface area contributed by atoms with Crippen LogP contribution in [-0.2, 0) is 0 Å². The molecule has 3 nitrogen and oxygen atoms in total. The molecule has 2 atom stereocenters. The minimum Gasteiger partial charge on any atom is -0.490 e. The lowest BCUT2D eigenvalue weighted by molar-refractivity contribution is 0.176. The van der Waals surface area contributed by atoms with Crippen LogP contribution in [0.15, 0.2) is 18.2 Å². The summed E-state index contributed by atoms with van der Waals surface area (Å²) in [5.74, 6) is 1.99. The number of hydrogen-bond acceptors (Lipinski definition) is 3. The van der Waals surface area contributed by atoms with E-state index in [4.69, 9.17) is 9.47 Å². The van der Waals surface area contributed by atoms with Gasteiger partial charge in [-0.05, 0) is 37.0 Å². The number of hydrogen-bond donors (Lipinski definition) is 1. The highest BCUT2D eigenvalue weighted by Gasteiger charge is 2.14. The molecule has 0 aromatic heterocycles. The Labute approximate surface area is 102 Å². The normalized spacial score (nSPS) is 18.3. The van der Waals surface area contributed by atoms with Gasteiger partial charge in [0.05, 0.1) is 19.3 Å². The number of rotatable bonds is 3. The van der Waals surface area contributed by atoms with E-state index >= 15 is 0 Å². The molecule has 1 aromatic carbocycles. The highest BCUT2D eigenvalue weighted by Crippen LogP contribution is 2.33. The number of ether oxygens (including phenoxy) is 2. The van der Waals surface area contributed by atoms with Gasteiger partial charge >= 0.3 is 0 Å². The summed E-state index contributed by atoms with van der Waals surface area (Å²) in [4.78, 5) is 0. The fraction of sp³-hybridized carbons (Fsp3) is 0.571. The summed E-state index contributed by atoms with van der Waals surface area (Å²) in [5.41, 5.74) is 1.19. The maximum atomic E-state index is 9.41. The van der Waals surface area contributed by atoms with Crippen molar-refractivity contribution in [1.82, 2.24) is 0 Å². The van der Waals surface area contributed by atoms with Crippen molar-refractivity contribution in [3.63, 3.8) is 0 Å². The lowest BCUT2D eigenvalue weighted by Crippen LogP contribution is -2.06. The van der Waals surface area contributed by atoms with Gasteiger partial charge in [-0.3, -0.25) is 0 Å². The molecular formula is C14H20O3. The third-order valence-electron chi connectivity index (χ3n) is 3.04. The van der Waals surface area contributed by atoms with Crippen LogP contribution in [-0.4, -0.2) is 24.4 Å². The molecule has 94 valence electrons. The Bertz CT molecular complexity index is 374. The topological polar surface area (TPSA) is 38.7 Å². The Balaban J connectivity index is 2.17. The molecule has 1 aliphatic rings. The monoisotopic (exact) mass is 236 g/mol. The SMILES string of the molecule is CC(O)CC(C)c1ccc2c(c1)OCCCO2. The Morgan fingerprint density at radius 2 is 1.88 bits per heavy atom. The summed E-state index contributed by atoms with van der Waals surface area (Å²) in [6, 6.07) is 6.06. The molecule has 0 radical (unpaired) electrons. The van der Waals surface area contributed by atoms with Gasteiger partial charge in [0.25, 0.3) is 0 Å². The van der Waals surface area contributed by atoms with Crippen molar-refractivity contribution >= 4 is 0 Å². The van der Waals surface area contributed by atoms with Crippen molar-refractivity contribution < 1.29 is 14.6 Å². The molecule has 0 amide bonds. The van der Waals surface area contributed by atoms with Crippen molar-refractivity contribution in [1.29, 1.82) is 0 Å². The molecule has 0 bridgehead atoms. The highest BCUT2D eigenvalue weighted by atomic mass is 16.5. The Morgan fingerprint density at radius 1 is 1.18 bits per heavy atom. The summed E-state index contributed by atoms with van der Waals surface area (Å²) in [6.45, 7) is 5.36. The van der Waals surface area contributed by atoms with Gasteiger partial charge in [0, 0.05) is 6.42 Å². The molecular weight excluding hydrogens is 216 g/mol. The van der Waals surface area contributed by atoms with Crippen LogP contribution >= 0.6 is 0 Å². The van der Waals surface area contributed by atoms with E-state index in [9.17, 15) is 5.11 Å². The lowest BCUT2D eigenvalue weighted by Gasteiger charge is -2.16. The van der Waals surface area contributed by atoms with Gasteiger partial charge in [0.15, 0.2) is 11.5 Å². The van der Waals surface area contributed by atoms with E-state index in [1.165, 1.54) is 5.56 Å². The average Bonchev–Trinajstić information content (AvgIpc) is 2.51. The fourth-order valence-corrected chi connectivity index (χ4v) is 2.13. The second-order valence-corrected chi connectivity index (χ2v) is 4.74. The summed E-state index contributed by atoms with van der Waals surface area (Å²) in [7, 11) is 0. The van der Waals surface area contributed by atoms with Crippen LogP contribution in [0.3, 0.4) is 0 Å². The molecule has 0 aliphatic carbocycles.